The molecule has 0 amide bonds. The van der Waals surface area contributed by atoms with E-state index in [1.165, 1.54) is 0 Å². The summed E-state index contributed by atoms with van der Waals surface area (Å²) in [6.07, 6.45) is 0.215. The third-order valence-corrected chi connectivity index (χ3v) is 0.547. The molecule has 0 aromatic heterocycles. The number of hydrogen-bond acceptors (Lipinski definition) is 2. The van der Waals surface area contributed by atoms with E-state index in [0.29, 0.717) is 6.42 Å². The van der Waals surface area contributed by atoms with Gasteiger partial charge >= 0.3 is 0 Å². The van der Waals surface area contributed by atoms with Crippen molar-refractivity contribution in [1.29, 1.82) is 0 Å². The maximum absolute atomic E-state index is 8.11. The summed E-state index contributed by atoms with van der Waals surface area (Å²) in [5.74, 6) is 0. The fourth-order valence-corrected chi connectivity index (χ4v) is 0.258. The van der Waals surface area contributed by atoms with Gasteiger partial charge in [0.2, 0.25) is 0 Å². The van der Waals surface area contributed by atoms with Crippen LogP contribution >= 0.6 is 0 Å². The second-order valence-corrected chi connectivity index (χ2v) is 1.27. The first-order valence-corrected chi connectivity index (χ1v) is 2.13. The predicted molar refractivity (Wildman–Crippen MR) is 23.1 cm³/mol. The van der Waals surface area contributed by atoms with E-state index in [-0.39, 0.29) is 27.7 Å². The zero-order valence-corrected chi connectivity index (χ0v) is 10.1. The molecule has 3 heteroatoms. The molecule has 0 saturated carbocycles. The second-order valence-electron chi connectivity index (χ2n) is 1.27. The molecule has 2 nitrogen and oxygen atoms in total. The van der Waals surface area contributed by atoms with Gasteiger partial charge in [-0.3, -0.25) is 0 Å². The molecule has 0 aromatic carbocycles. The van der Waals surface area contributed by atoms with E-state index >= 15 is 0 Å². The fourth-order valence-electron chi connectivity index (χ4n) is 0.258. The van der Waals surface area contributed by atoms with E-state index in [4.69, 9.17) is 10.2 Å². The number of aliphatic hydroxyl groups excluding tert-OH is 1. The molecule has 0 heterocycles. The van der Waals surface area contributed by atoms with Crippen LogP contribution in [0.4, 0.5) is 0 Å². The van der Waals surface area contributed by atoms with E-state index in [9.17, 15) is 0 Å². The maximum Gasteiger partial charge on any atom is 0.151 e. The third kappa shape index (κ3) is 10.9. The molecule has 0 rings (SSSR count). The van der Waals surface area contributed by atoms with Crippen molar-refractivity contribution in [2.75, 3.05) is 0 Å². The Morgan fingerprint density at radius 2 is 1.86 bits per heavy atom. The average molecular weight is 291 g/mol. The van der Waals surface area contributed by atoms with Crippen molar-refractivity contribution < 1.29 is 37.9 Å². The van der Waals surface area contributed by atoms with E-state index < -0.39 is 6.29 Å². The summed E-state index contributed by atoms with van der Waals surface area (Å²) in [7, 11) is 0. The molecule has 0 fully saturated rings. The fraction of sp³-hybridized carbons (Fsp3) is 1.00. The topological polar surface area (TPSA) is 40.5 Å². The van der Waals surface area contributed by atoms with E-state index in [1.807, 2.05) is 6.92 Å². The van der Waals surface area contributed by atoms with Crippen LogP contribution in [0.15, 0.2) is 0 Å². The zero-order chi connectivity index (χ0) is 4.99. The number of rotatable bonds is 2. The molecule has 0 aromatic rings. The maximum atomic E-state index is 8.11. The van der Waals surface area contributed by atoms with Gasteiger partial charge in [0.1, 0.15) is 0 Å². The monoisotopic (exact) mass is 292 g/mol. The van der Waals surface area contributed by atoms with Gasteiger partial charge in [-0.15, -0.1) is 0 Å². The Labute approximate surface area is 64.1 Å². The van der Waals surface area contributed by atoms with Crippen molar-refractivity contribution in [3.8, 4) is 0 Å². The third-order valence-electron chi connectivity index (χ3n) is 0.547. The van der Waals surface area contributed by atoms with Crippen LogP contribution in [0.1, 0.15) is 19.8 Å². The summed E-state index contributed by atoms with van der Waals surface area (Å²) in [5.41, 5.74) is 0. The summed E-state index contributed by atoms with van der Waals surface area (Å²) in [4.78, 5) is 0. The van der Waals surface area contributed by atoms with Gasteiger partial charge in [0, 0.05) is 27.7 Å². The van der Waals surface area contributed by atoms with Gasteiger partial charge < -0.3 is 10.2 Å². The molecule has 0 aliphatic rings. The Hall–Kier alpha value is 0.855. The minimum atomic E-state index is -1.10. The molecule has 0 unspecified atom stereocenters. The van der Waals surface area contributed by atoms with Crippen molar-refractivity contribution in [3.63, 3.8) is 0 Å². The second kappa shape index (κ2) is 6.86. The van der Waals surface area contributed by atoms with E-state index in [0.717, 1.165) is 6.42 Å². The molecule has 0 aliphatic heterocycles. The van der Waals surface area contributed by atoms with Gasteiger partial charge in [-0.25, -0.2) is 0 Å². The molecular formula is C4H10HgO2. The minimum Gasteiger partial charge on any atom is -0.368 e. The van der Waals surface area contributed by atoms with Crippen LogP contribution in [0.5, 0.6) is 0 Å². The summed E-state index contributed by atoms with van der Waals surface area (Å²) < 4.78 is 0. The van der Waals surface area contributed by atoms with Gasteiger partial charge in [0.15, 0.2) is 6.29 Å². The molecule has 0 spiro atoms. The summed E-state index contributed by atoms with van der Waals surface area (Å²) in [6.45, 7) is 1.90. The molecule has 0 saturated heterocycles. The molecule has 0 bridgehead atoms. The van der Waals surface area contributed by atoms with Gasteiger partial charge in [0.25, 0.3) is 0 Å². The largest absolute Gasteiger partial charge is 0.368 e. The standard InChI is InChI=1S/C4H10O2.Hg/c1-2-3-4(5)6;/h4-6H,2-3H2,1H3;. The van der Waals surface area contributed by atoms with Crippen LogP contribution in [0.25, 0.3) is 0 Å². The average Bonchev–Trinajstić information content (AvgIpc) is 1.35. The van der Waals surface area contributed by atoms with Gasteiger partial charge in [-0.05, 0) is 6.42 Å². The van der Waals surface area contributed by atoms with E-state index in [1.54, 1.807) is 0 Å². The Morgan fingerprint density at radius 3 is 1.86 bits per heavy atom. The predicted octanol–water partition coefficient (Wildman–Crippen LogP) is 0.0947. The van der Waals surface area contributed by atoms with Crippen molar-refractivity contribution in [1.82, 2.24) is 0 Å². The molecular weight excluding hydrogens is 281 g/mol. The first kappa shape index (κ1) is 10.8. The Morgan fingerprint density at radius 1 is 1.43 bits per heavy atom. The smallest absolute Gasteiger partial charge is 0.151 e. The van der Waals surface area contributed by atoms with Gasteiger partial charge in [-0.1, -0.05) is 13.3 Å². The van der Waals surface area contributed by atoms with Gasteiger partial charge in [-0.2, -0.15) is 0 Å². The normalized spacial score (nSPS) is 8.57. The van der Waals surface area contributed by atoms with Crippen LogP contribution in [0.3, 0.4) is 0 Å². The van der Waals surface area contributed by atoms with Crippen molar-refractivity contribution in [2.24, 2.45) is 0 Å². The summed E-state index contributed by atoms with van der Waals surface area (Å²) in [6, 6.07) is 0. The summed E-state index contributed by atoms with van der Waals surface area (Å²) >= 11 is 0. The zero-order valence-electron chi connectivity index (χ0n) is 4.59. The Bertz CT molecular complexity index is 30.9. The first-order chi connectivity index (χ1) is 2.77. The van der Waals surface area contributed by atoms with Crippen LogP contribution in [0.2, 0.25) is 0 Å². The molecule has 40 valence electrons. The van der Waals surface area contributed by atoms with Crippen molar-refractivity contribution in [3.05, 3.63) is 0 Å². The van der Waals surface area contributed by atoms with Gasteiger partial charge in [0.05, 0.1) is 0 Å². The van der Waals surface area contributed by atoms with Crippen LogP contribution in [-0.2, 0) is 27.7 Å². The minimum absolute atomic E-state index is 0. The molecule has 0 aliphatic carbocycles. The number of hydrogen-bond donors (Lipinski definition) is 2. The Kier molecular flexibility index (Phi) is 10.5. The molecule has 2 N–H and O–H groups in total. The molecule has 7 heavy (non-hydrogen) atoms. The van der Waals surface area contributed by atoms with Crippen LogP contribution in [-0.4, -0.2) is 16.5 Å². The van der Waals surface area contributed by atoms with E-state index in [2.05, 4.69) is 0 Å². The van der Waals surface area contributed by atoms with Crippen LogP contribution in [0, 0.1) is 0 Å². The molecule has 0 radical (unpaired) electrons. The van der Waals surface area contributed by atoms with Crippen molar-refractivity contribution in [2.45, 2.75) is 26.1 Å². The Balaban J connectivity index is 0. The SMILES string of the molecule is CCCC(O)O.[Hg]. The quantitative estimate of drug-likeness (QED) is 0.559. The van der Waals surface area contributed by atoms with Crippen LogP contribution < -0.4 is 0 Å². The molecule has 0 atom stereocenters. The van der Waals surface area contributed by atoms with Crippen molar-refractivity contribution >= 4 is 0 Å². The number of aliphatic hydroxyl groups is 2. The summed E-state index contributed by atoms with van der Waals surface area (Å²) in [5, 5.41) is 16.2. The first-order valence-electron chi connectivity index (χ1n) is 2.13.